The Morgan fingerprint density at radius 2 is 1.30 bits per heavy atom. The molecule has 3 nitrogen and oxygen atoms in total. The van der Waals surface area contributed by atoms with Crippen LogP contribution in [-0.4, -0.2) is 12.6 Å². The van der Waals surface area contributed by atoms with E-state index in [1.165, 1.54) is 62.1 Å². The molecule has 0 unspecified atom stereocenters. The normalized spacial score (nSPS) is 10.4. The maximum Gasteiger partial charge on any atom is 0.330 e. The Labute approximate surface area is 181 Å². The summed E-state index contributed by atoms with van der Waals surface area (Å²) in [7, 11) is 0. The number of hydrogen-bond acceptors (Lipinski definition) is 3. The average Bonchev–Trinajstić information content (AvgIpc) is 2.80. The molecular weight excluding hydrogens is 370 g/mol. The van der Waals surface area contributed by atoms with Crippen molar-refractivity contribution in [1.29, 1.82) is 5.26 Å². The first-order valence-electron chi connectivity index (χ1n) is 11.1. The van der Waals surface area contributed by atoms with E-state index >= 15 is 0 Å². The van der Waals surface area contributed by atoms with Gasteiger partial charge in [-0.3, -0.25) is 0 Å². The highest BCUT2D eigenvalue weighted by Crippen LogP contribution is 2.21. The van der Waals surface area contributed by atoms with Crippen molar-refractivity contribution >= 4 is 5.97 Å². The molecule has 0 aliphatic carbocycles. The van der Waals surface area contributed by atoms with E-state index < -0.39 is 0 Å². The molecule has 0 saturated carbocycles. The van der Waals surface area contributed by atoms with Crippen LogP contribution < -0.4 is 0 Å². The van der Waals surface area contributed by atoms with Crippen LogP contribution in [0.5, 0.6) is 0 Å². The molecule has 0 fully saturated rings. The molecule has 2 rings (SSSR count). The molecule has 0 heterocycles. The number of aryl methyl sites for hydroxylation is 1. The summed E-state index contributed by atoms with van der Waals surface area (Å²) in [6.45, 7) is 3.90. The molecule has 0 bridgehead atoms. The summed E-state index contributed by atoms with van der Waals surface area (Å²) in [5.74, 6) is -0.322. The molecule has 0 radical (unpaired) electrons. The Hall–Kier alpha value is -2.86. The largest absolute Gasteiger partial charge is 0.463 e. The minimum Gasteiger partial charge on any atom is -0.463 e. The van der Waals surface area contributed by atoms with Gasteiger partial charge in [-0.15, -0.1) is 0 Å². The average molecular weight is 404 g/mol. The van der Waals surface area contributed by atoms with Gasteiger partial charge in [-0.2, -0.15) is 5.26 Å². The lowest BCUT2D eigenvalue weighted by atomic mass is 10.00. The summed E-state index contributed by atoms with van der Waals surface area (Å²) in [5, 5.41) is 8.89. The summed E-state index contributed by atoms with van der Waals surface area (Å²) in [5.41, 5.74) is 4.44. The monoisotopic (exact) mass is 403 g/mol. The van der Waals surface area contributed by atoms with E-state index in [0.29, 0.717) is 12.2 Å². The zero-order valence-electron chi connectivity index (χ0n) is 17.9. The lowest BCUT2D eigenvalue weighted by Gasteiger charge is -2.06. The van der Waals surface area contributed by atoms with E-state index in [9.17, 15) is 4.79 Å². The summed E-state index contributed by atoms with van der Waals surface area (Å²) >= 11 is 0. The number of benzene rings is 2. The molecule has 0 aliphatic rings. The smallest absolute Gasteiger partial charge is 0.330 e. The Morgan fingerprint density at radius 3 is 1.83 bits per heavy atom. The first kappa shape index (κ1) is 23.4. The van der Waals surface area contributed by atoms with E-state index in [2.05, 4.69) is 36.9 Å². The summed E-state index contributed by atoms with van der Waals surface area (Å²) < 4.78 is 4.97. The fourth-order valence-electron chi connectivity index (χ4n) is 3.50. The van der Waals surface area contributed by atoms with Crippen LogP contribution in [0.3, 0.4) is 0 Å². The van der Waals surface area contributed by atoms with Crippen molar-refractivity contribution in [3.8, 4) is 17.2 Å². The fraction of sp³-hybridized carbons (Fsp3) is 0.407. The van der Waals surface area contributed by atoms with Gasteiger partial charge in [0.15, 0.2) is 0 Å². The second kappa shape index (κ2) is 14.2. The molecule has 0 atom stereocenters. The fourth-order valence-corrected chi connectivity index (χ4v) is 3.50. The Bertz CT molecular complexity index is 800. The number of nitriles is 1. The lowest BCUT2D eigenvalue weighted by Crippen LogP contribution is -2.01. The van der Waals surface area contributed by atoms with Crippen molar-refractivity contribution in [3.63, 3.8) is 0 Å². The molecule has 0 spiro atoms. The van der Waals surface area contributed by atoms with Crippen LogP contribution >= 0.6 is 0 Å². The number of rotatable bonds is 14. The van der Waals surface area contributed by atoms with E-state index in [-0.39, 0.29) is 5.97 Å². The number of carbonyl (C=O) groups is 1. The van der Waals surface area contributed by atoms with Gasteiger partial charge < -0.3 is 4.74 Å². The van der Waals surface area contributed by atoms with Crippen LogP contribution in [0.1, 0.15) is 68.9 Å². The first-order valence-corrected chi connectivity index (χ1v) is 11.1. The number of ether oxygens (including phenoxy) is 1. The van der Waals surface area contributed by atoms with E-state index in [1.807, 2.05) is 24.3 Å². The summed E-state index contributed by atoms with van der Waals surface area (Å²) in [6.07, 6.45) is 13.4. The van der Waals surface area contributed by atoms with Crippen molar-refractivity contribution in [2.24, 2.45) is 0 Å². The predicted octanol–water partition coefficient (Wildman–Crippen LogP) is 7.01. The van der Waals surface area contributed by atoms with E-state index in [4.69, 9.17) is 10.00 Å². The molecule has 2 aromatic carbocycles. The van der Waals surface area contributed by atoms with Gasteiger partial charge in [0.25, 0.3) is 0 Å². The number of hydrogen-bond donors (Lipinski definition) is 0. The van der Waals surface area contributed by atoms with Crippen LogP contribution in [-0.2, 0) is 16.0 Å². The predicted molar refractivity (Wildman–Crippen MR) is 123 cm³/mol. The molecule has 0 N–H and O–H groups in total. The first-order chi connectivity index (χ1) is 14.7. The van der Waals surface area contributed by atoms with Gasteiger partial charge in [0, 0.05) is 6.08 Å². The lowest BCUT2D eigenvalue weighted by molar-refractivity contribution is -0.137. The molecule has 30 heavy (non-hydrogen) atoms. The van der Waals surface area contributed by atoms with E-state index in [0.717, 1.165) is 24.8 Å². The van der Waals surface area contributed by atoms with Gasteiger partial charge in [0.05, 0.1) is 18.2 Å². The number of esters is 1. The van der Waals surface area contributed by atoms with Crippen LogP contribution in [0, 0.1) is 11.3 Å². The molecule has 158 valence electrons. The minimum absolute atomic E-state index is 0.322. The van der Waals surface area contributed by atoms with Gasteiger partial charge in [-0.05, 0) is 48.1 Å². The highest BCUT2D eigenvalue weighted by molar-refractivity contribution is 5.81. The Kier molecular flexibility index (Phi) is 11.1. The summed E-state index contributed by atoms with van der Waals surface area (Å²) in [6, 6.07) is 18.7. The molecular formula is C27H33NO2. The highest BCUT2D eigenvalue weighted by atomic mass is 16.5. The SMILES string of the molecule is C=CC(=O)OCCCCCCCCCCCc1ccc(-c2ccc(C#N)cc2)cc1. The topological polar surface area (TPSA) is 50.1 Å². The molecule has 2 aromatic rings. The maximum absolute atomic E-state index is 10.9. The molecule has 0 amide bonds. The van der Waals surface area contributed by atoms with Crippen molar-refractivity contribution < 1.29 is 9.53 Å². The quantitative estimate of drug-likeness (QED) is 0.194. The van der Waals surface area contributed by atoms with Crippen LogP contribution in [0.15, 0.2) is 61.2 Å². The third-order valence-electron chi connectivity index (χ3n) is 5.32. The van der Waals surface area contributed by atoms with Crippen LogP contribution in [0.25, 0.3) is 11.1 Å². The zero-order chi connectivity index (χ0) is 21.4. The van der Waals surface area contributed by atoms with E-state index in [1.54, 1.807) is 0 Å². The second-order valence-corrected chi connectivity index (χ2v) is 7.69. The Balaban J connectivity index is 1.49. The third-order valence-corrected chi connectivity index (χ3v) is 5.32. The van der Waals surface area contributed by atoms with Gasteiger partial charge in [0.1, 0.15) is 0 Å². The van der Waals surface area contributed by atoms with Gasteiger partial charge in [-0.1, -0.05) is 87.9 Å². The Morgan fingerprint density at radius 1 is 0.800 bits per heavy atom. The number of nitrogens with zero attached hydrogens (tertiary/aromatic N) is 1. The van der Waals surface area contributed by atoms with Crippen LogP contribution in [0.2, 0.25) is 0 Å². The van der Waals surface area contributed by atoms with Crippen molar-refractivity contribution in [1.82, 2.24) is 0 Å². The third kappa shape index (κ3) is 9.09. The van der Waals surface area contributed by atoms with Crippen LogP contribution in [0.4, 0.5) is 0 Å². The highest BCUT2D eigenvalue weighted by Gasteiger charge is 2.00. The number of carbonyl (C=O) groups excluding carboxylic acids is 1. The van der Waals surface area contributed by atoms with Gasteiger partial charge >= 0.3 is 5.97 Å². The zero-order valence-corrected chi connectivity index (χ0v) is 17.9. The molecule has 0 aliphatic heterocycles. The van der Waals surface area contributed by atoms with Gasteiger partial charge in [0.2, 0.25) is 0 Å². The number of unbranched alkanes of at least 4 members (excludes halogenated alkanes) is 8. The summed E-state index contributed by atoms with van der Waals surface area (Å²) in [4.78, 5) is 10.9. The van der Waals surface area contributed by atoms with Gasteiger partial charge in [-0.25, -0.2) is 4.79 Å². The molecule has 3 heteroatoms. The second-order valence-electron chi connectivity index (χ2n) is 7.69. The standard InChI is InChI=1S/C27H33NO2/c1-2-27(29)30-21-11-9-7-5-3-4-6-8-10-12-23-13-17-25(18-14-23)26-19-15-24(22-28)16-20-26/h2,13-20H,1,3-12,21H2. The molecule has 0 saturated heterocycles. The van der Waals surface area contributed by atoms with Crippen molar-refractivity contribution in [2.75, 3.05) is 6.61 Å². The van der Waals surface area contributed by atoms with Crippen molar-refractivity contribution in [2.45, 2.75) is 64.2 Å². The minimum atomic E-state index is -0.322. The maximum atomic E-state index is 10.9. The molecule has 0 aromatic heterocycles. The van der Waals surface area contributed by atoms with Crippen molar-refractivity contribution in [3.05, 3.63) is 72.3 Å².